The van der Waals surface area contributed by atoms with Gasteiger partial charge in [-0.15, -0.1) is 0 Å². The number of hydrogen-bond acceptors (Lipinski definition) is 2. The minimum Gasteiger partial charge on any atom is -0.334 e. The van der Waals surface area contributed by atoms with E-state index in [-0.39, 0.29) is 24.3 Å². The lowest BCUT2D eigenvalue weighted by atomic mass is 10.1. The SMILES string of the molecule is CCN(CC(=O)Nc1c(Cl)cccc1Cl)C(=O)CC(C)C. The van der Waals surface area contributed by atoms with Crippen molar-refractivity contribution in [2.24, 2.45) is 5.92 Å². The number of carbonyl (C=O) groups is 2. The molecule has 0 aliphatic heterocycles. The molecule has 0 saturated carbocycles. The van der Waals surface area contributed by atoms with Gasteiger partial charge in [-0.25, -0.2) is 0 Å². The van der Waals surface area contributed by atoms with Crippen molar-refractivity contribution in [1.82, 2.24) is 4.90 Å². The second-order valence-electron chi connectivity index (χ2n) is 5.15. The second-order valence-corrected chi connectivity index (χ2v) is 5.97. The highest BCUT2D eigenvalue weighted by molar-refractivity contribution is 6.39. The van der Waals surface area contributed by atoms with Crippen LogP contribution in [0.3, 0.4) is 0 Å². The van der Waals surface area contributed by atoms with Gasteiger partial charge in [-0.3, -0.25) is 9.59 Å². The Morgan fingerprint density at radius 1 is 1.24 bits per heavy atom. The van der Waals surface area contributed by atoms with Crippen LogP contribution in [0.1, 0.15) is 27.2 Å². The Kier molecular flexibility index (Phi) is 6.99. The molecular formula is C15H20Cl2N2O2. The Hall–Kier alpha value is -1.26. The average Bonchev–Trinajstić information content (AvgIpc) is 2.39. The maximum absolute atomic E-state index is 12.1. The van der Waals surface area contributed by atoms with Crippen LogP contribution >= 0.6 is 23.2 Å². The normalized spacial score (nSPS) is 10.6. The molecule has 1 rings (SSSR count). The number of benzene rings is 1. The third kappa shape index (κ3) is 5.56. The zero-order valence-corrected chi connectivity index (χ0v) is 14.0. The second kappa shape index (κ2) is 8.25. The average molecular weight is 331 g/mol. The van der Waals surface area contributed by atoms with Gasteiger partial charge in [-0.1, -0.05) is 43.1 Å². The van der Waals surface area contributed by atoms with Crippen molar-refractivity contribution >= 4 is 40.7 Å². The summed E-state index contributed by atoms with van der Waals surface area (Å²) in [5, 5.41) is 3.39. The van der Waals surface area contributed by atoms with Crippen LogP contribution in [0.25, 0.3) is 0 Å². The summed E-state index contributed by atoms with van der Waals surface area (Å²) < 4.78 is 0. The van der Waals surface area contributed by atoms with Crippen molar-refractivity contribution in [2.45, 2.75) is 27.2 Å². The topological polar surface area (TPSA) is 49.4 Å². The molecule has 0 aliphatic rings. The maximum Gasteiger partial charge on any atom is 0.244 e. The summed E-state index contributed by atoms with van der Waals surface area (Å²) in [6, 6.07) is 4.99. The number of likely N-dealkylation sites (N-methyl/N-ethyl adjacent to an activating group) is 1. The fourth-order valence-electron chi connectivity index (χ4n) is 1.82. The number of rotatable bonds is 6. The molecule has 1 aromatic rings. The van der Waals surface area contributed by atoms with Gasteiger partial charge in [-0.2, -0.15) is 0 Å². The van der Waals surface area contributed by atoms with Gasteiger partial charge in [0.05, 0.1) is 22.3 Å². The molecule has 1 N–H and O–H groups in total. The van der Waals surface area contributed by atoms with Crippen molar-refractivity contribution in [2.75, 3.05) is 18.4 Å². The van der Waals surface area contributed by atoms with Crippen LogP contribution in [0.5, 0.6) is 0 Å². The van der Waals surface area contributed by atoms with E-state index in [0.29, 0.717) is 28.7 Å². The molecule has 0 spiro atoms. The van der Waals surface area contributed by atoms with Crippen molar-refractivity contribution in [3.63, 3.8) is 0 Å². The maximum atomic E-state index is 12.1. The number of amides is 2. The van der Waals surface area contributed by atoms with Crippen LogP contribution in [0.15, 0.2) is 18.2 Å². The zero-order valence-electron chi connectivity index (χ0n) is 12.5. The Morgan fingerprint density at radius 2 is 1.81 bits per heavy atom. The van der Waals surface area contributed by atoms with Crippen molar-refractivity contribution in [3.05, 3.63) is 28.2 Å². The number of carbonyl (C=O) groups excluding carboxylic acids is 2. The van der Waals surface area contributed by atoms with Gasteiger partial charge < -0.3 is 10.2 Å². The summed E-state index contributed by atoms with van der Waals surface area (Å²) in [5.41, 5.74) is 0.373. The lowest BCUT2D eigenvalue weighted by Gasteiger charge is -2.21. The van der Waals surface area contributed by atoms with Crippen LogP contribution in [-0.4, -0.2) is 29.8 Å². The van der Waals surface area contributed by atoms with Crippen molar-refractivity contribution < 1.29 is 9.59 Å². The summed E-state index contributed by atoms with van der Waals surface area (Å²) in [5.74, 6) is -0.0931. The van der Waals surface area contributed by atoms with E-state index < -0.39 is 0 Å². The largest absolute Gasteiger partial charge is 0.334 e. The molecule has 0 unspecified atom stereocenters. The third-order valence-electron chi connectivity index (χ3n) is 2.88. The zero-order chi connectivity index (χ0) is 16.0. The Morgan fingerprint density at radius 3 is 2.29 bits per heavy atom. The van der Waals surface area contributed by atoms with Crippen LogP contribution in [0, 0.1) is 5.92 Å². The lowest BCUT2D eigenvalue weighted by Crippen LogP contribution is -2.38. The van der Waals surface area contributed by atoms with Gasteiger partial charge in [0, 0.05) is 13.0 Å². The van der Waals surface area contributed by atoms with E-state index >= 15 is 0 Å². The molecular weight excluding hydrogens is 311 g/mol. The molecule has 0 heterocycles. The van der Waals surface area contributed by atoms with Crippen LogP contribution in [-0.2, 0) is 9.59 Å². The van der Waals surface area contributed by atoms with E-state index in [0.717, 1.165) is 0 Å². The predicted molar refractivity (Wildman–Crippen MR) is 86.8 cm³/mol. The molecule has 0 fully saturated rings. The fraction of sp³-hybridized carbons (Fsp3) is 0.467. The minimum absolute atomic E-state index is 0.0103. The molecule has 0 radical (unpaired) electrons. The molecule has 4 nitrogen and oxygen atoms in total. The minimum atomic E-state index is -0.316. The first-order valence-corrected chi connectivity index (χ1v) is 7.62. The van der Waals surface area contributed by atoms with E-state index in [4.69, 9.17) is 23.2 Å². The van der Waals surface area contributed by atoms with E-state index in [1.54, 1.807) is 18.2 Å². The highest BCUT2D eigenvalue weighted by Gasteiger charge is 2.17. The number of para-hydroxylation sites is 1. The Labute approximate surface area is 135 Å². The quantitative estimate of drug-likeness (QED) is 0.861. The smallest absolute Gasteiger partial charge is 0.244 e. The monoisotopic (exact) mass is 330 g/mol. The fourth-order valence-corrected chi connectivity index (χ4v) is 2.32. The Bertz CT molecular complexity index is 498. The van der Waals surface area contributed by atoms with Gasteiger partial charge >= 0.3 is 0 Å². The highest BCUT2D eigenvalue weighted by atomic mass is 35.5. The van der Waals surface area contributed by atoms with Crippen LogP contribution in [0.4, 0.5) is 5.69 Å². The predicted octanol–water partition coefficient (Wildman–Crippen LogP) is 3.83. The molecule has 0 aliphatic carbocycles. The molecule has 0 saturated heterocycles. The number of hydrogen-bond donors (Lipinski definition) is 1. The van der Waals surface area contributed by atoms with Crippen molar-refractivity contribution in [1.29, 1.82) is 0 Å². The molecule has 0 bridgehead atoms. The molecule has 116 valence electrons. The van der Waals surface area contributed by atoms with E-state index in [1.165, 1.54) is 4.90 Å². The summed E-state index contributed by atoms with van der Waals surface area (Å²) >= 11 is 12.0. The van der Waals surface area contributed by atoms with Gasteiger partial charge in [0.1, 0.15) is 0 Å². The van der Waals surface area contributed by atoms with Gasteiger partial charge in [0.25, 0.3) is 0 Å². The van der Waals surface area contributed by atoms with E-state index in [9.17, 15) is 9.59 Å². The molecule has 21 heavy (non-hydrogen) atoms. The molecule has 6 heteroatoms. The number of nitrogens with zero attached hydrogens (tertiary/aromatic N) is 1. The molecule has 0 atom stereocenters. The first-order valence-electron chi connectivity index (χ1n) is 6.86. The first-order chi connectivity index (χ1) is 9.85. The van der Waals surface area contributed by atoms with Crippen molar-refractivity contribution in [3.8, 4) is 0 Å². The van der Waals surface area contributed by atoms with Gasteiger partial charge in [0.15, 0.2) is 0 Å². The standard InChI is InChI=1S/C15H20Cl2N2O2/c1-4-19(14(21)8-10(2)3)9-13(20)18-15-11(16)6-5-7-12(15)17/h5-7,10H,4,8-9H2,1-3H3,(H,18,20). The van der Waals surface area contributed by atoms with Crippen LogP contribution < -0.4 is 5.32 Å². The molecule has 1 aromatic carbocycles. The number of anilines is 1. The van der Waals surface area contributed by atoms with E-state index in [2.05, 4.69) is 5.32 Å². The third-order valence-corrected chi connectivity index (χ3v) is 3.51. The van der Waals surface area contributed by atoms with Gasteiger partial charge in [-0.05, 0) is 25.0 Å². The number of nitrogens with one attached hydrogen (secondary N) is 1. The summed E-state index contributed by atoms with van der Waals surface area (Å²) in [4.78, 5) is 25.6. The highest BCUT2D eigenvalue weighted by Crippen LogP contribution is 2.29. The first kappa shape index (κ1) is 17.8. The molecule has 0 aromatic heterocycles. The Balaban J connectivity index is 2.69. The van der Waals surface area contributed by atoms with Crippen LogP contribution in [0.2, 0.25) is 10.0 Å². The summed E-state index contributed by atoms with van der Waals surface area (Å²) in [7, 11) is 0. The summed E-state index contributed by atoms with van der Waals surface area (Å²) in [6.45, 7) is 6.25. The van der Waals surface area contributed by atoms with Gasteiger partial charge in [0.2, 0.25) is 11.8 Å². The lowest BCUT2D eigenvalue weighted by molar-refractivity contribution is -0.135. The number of halogens is 2. The summed E-state index contributed by atoms with van der Waals surface area (Å²) in [6.07, 6.45) is 0.425. The van der Waals surface area contributed by atoms with E-state index in [1.807, 2.05) is 20.8 Å². The molecule has 2 amide bonds.